The van der Waals surface area contributed by atoms with Crippen molar-refractivity contribution in [3.8, 4) is 0 Å². The van der Waals surface area contributed by atoms with Crippen LogP contribution in [0.25, 0.3) is 0 Å². The summed E-state index contributed by atoms with van der Waals surface area (Å²) in [5.41, 5.74) is 0. The first kappa shape index (κ1) is 15.0. The van der Waals surface area contributed by atoms with E-state index in [0.29, 0.717) is 0 Å². The second kappa shape index (κ2) is 9.21. The second-order valence-corrected chi connectivity index (χ2v) is 3.53. The van der Waals surface area contributed by atoms with E-state index in [1.165, 1.54) is 13.8 Å². The maximum atomic E-state index is 11.0. The fraction of sp³-hybridized carbons (Fsp3) is 0.750. The molecule has 16 heavy (non-hydrogen) atoms. The molecule has 0 saturated heterocycles. The van der Waals surface area contributed by atoms with Gasteiger partial charge in [0.15, 0.2) is 0 Å². The fourth-order valence-corrected chi connectivity index (χ4v) is 1.15. The molecule has 0 unspecified atom stereocenters. The minimum absolute atomic E-state index is 0.0116. The van der Waals surface area contributed by atoms with Crippen molar-refractivity contribution in [1.29, 1.82) is 0 Å². The molecule has 0 saturated carbocycles. The van der Waals surface area contributed by atoms with Gasteiger partial charge in [-0.3, -0.25) is 9.59 Å². The van der Waals surface area contributed by atoms with Crippen molar-refractivity contribution in [2.24, 2.45) is 0 Å². The van der Waals surface area contributed by atoms with Crippen molar-refractivity contribution in [3.05, 3.63) is 0 Å². The van der Waals surface area contributed by atoms with Crippen LogP contribution in [0.2, 0.25) is 0 Å². The molecule has 0 amide bonds. The van der Waals surface area contributed by atoms with E-state index in [4.69, 9.17) is 0 Å². The number of hydrogen-bond acceptors (Lipinski definition) is 7. The number of rotatable bonds is 8. The largest absolute Gasteiger partial charge is 0.697 e. The van der Waals surface area contributed by atoms with Crippen molar-refractivity contribution >= 4 is 20.2 Å². The van der Waals surface area contributed by atoms with Crippen molar-refractivity contribution in [1.82, 2.24) is 0 Å². The molecule has 92 valence electrons. The van der Waals surface area contributed by atoms with Crippen LogP contribution in [0.4, 0.5) is 0 Å². The summed E-state index contributed by atoms with van der Waals surface area (Å²) in [6, 6.07) is 0. The van der Waals surface area contributed by atoms with Crippen LogP contribution in [-0.2, 0) is 32.7 Å². The third-order valence-corrected chi connectivity index (χ3v) is 1.96. The number of hydrogen-bond donors (Lipinski definition) is 0. The van der Waals surface area contributed by atoms with E-state index in [-0.39, 0.29) is 26.4 Å². The zero-order chi connectivity index (χ0) is 12.4. The maximum absolute atomic E-state index is 11.0. The zero-order valence-electron chi connectivity index (χ0n) is 9.13. The summed E-state index contributed by atoms with van der Waals surface area (Å²) < 4.78 is 29.4. The third-order valence-electron chi connectivity index (χ3n) is 1.17. The van der Waals surface area contributed by atoms with Gasteiger partial charge in [0, 0.05) is 18.4 Å². The van der Waals surface area contributed by atoms with Crippen molar-refractivity contribution in [2.75, 3.05) is 26.4 Å². The van der Waals surface area contributed by atoms with Crippen LogP contribution in [0.5, 0.6) is 0 Å². The van der Waals surface area contributed by atoms with Gasteiger partial charge < -0.3 is 9.47 Å². The Morgan fingerprint density at radius 3 is 1.56 bits per heavy atom. The summed E-state index contributed by atoms with van der Waals surface area (Å²) in [5.74, 6) is -0.871. The highest BCUT2D eigenvalue weighted by molar-refractivity contribution is 7.33. The lowest BCUT2D eigenvalue weighted by Crippen LogP contribution is -2.07. The van der Waals surface area contributed by atoms with Gasteiger partial charge in [-0.25, -0.2) is 0 Å². The molecule has 0 N–H and O–H groups in total. The summed E-state index contributed by atoms with van der Waals surface area (Å²) in [7, 11) is -2.27. The van der Waals surface area contributed by atoms with Gasteiger partial charge in [-0.15, -0.1) is 9.05 Å². The first-order valence-corrected chi connectivity index (χ1v) is 5.61. The lowest BCUT2D eigenvalue weighted by atomic mass is 10.7. The predicted octanol–water partition coefficient (Wildman–Crippen LogP) is 0.803. The van der Waals surface area contributed by atoms with Crippen LogP contribution in [-0.4, -0.2) is 38.4 Å². The highest BCUT2D eigenvalue weighted by Gasteiger charge is 2.19. The Hall–Kier alpha value is -1.04. The average molecular weight is 253 g/mol. The van der Waals surface area contributed by atoms with Crippen LogP contribution in [0.3, 0.4) is 0 Å². The molecule has 8 heteroatoms. The SMILES string of the molecule is CC(=O)OCCO[P+](=O)OCCOC(C)=O. The van der Waals surface area contributed by atoms with Crippen LogP contribution in [0.1, 0.15) is 13.8 Å². The summed E-state index contributed by atoms with van der Waals surface area (Å²) >= 11 is 0. The monoisotopic (exact) mass is 253 g/mol. The number of carbonyl (C=O) groups is 2. The van der Waals surface area contributed by atoms with Gasteiger partial charge in [0.1, 0.15) is 26.4 Å². The fourth-order valence-electron chi connectivity index (χ4n) is 0.632. The Morgan fingerprint density at radius 2 is 1.25 bits per heavy atom. The lowest BCUT2D eigenvalue weighted by molar-refractivity contribution is -0.142. The molecular weight excluding hydrogens is 239 g/mol. The molecule has 0 aliphatic rings. The Balaban J connectivity index is 3.31. The zero-order valence-corrected chi connectivity index (χ0v) is 10.0. The summed E-state index contributed by atoms with van der Waals surface area (Å²) in [6.45, 7) is 2.53. The molecule has 0 bridgehead atoms. The van der Waals surface area contributed by atoms with Crippen LogP contribution >= 0.6 is 8.25 Å². The molecule has 7 nitrogen and oxygen atoms in total. The molecule has 0 radical (unpaired) electrons. The number of esters is 2. The van der Waals surface area contributed by atoms with Gasteiger partial charge in [-0.05, 0) is 0 Å². The van der Waals surface area contributed by atoms with E-state index in [0.717, 1.165) is 0 Å². The van der Waals surface area contributed by atoms with Gasteiger partial charge in [0.05, 0.1) is 0 Å². The molecule has 0 rings (SSSR count). The molecule has 0 aliphatic carbocycles. The molecule has 0 aromatic heterocycles. The van der Waals surface area contributed by atoms with Gasteiger partial charge in [-0.1, -0.05) is 0 Å². The topological polar surface area (TPSA) is 88.1 Å². The first-order chi connectivity index (χ1) is 7.52. The molecule has 0 aliphatic heterocycles. The maximum Gasteiger partial charge on any atom is 0.697 e. The van der Waals surface area contributed by atoms with Crippen LogP contribution < -0.4 is 0 Å². The highest BCUT2D eigenvalue weighted by atomic mass is 31.1. The third kappa shape index (κ3) is 11.0. The lowest BCUT2D eigenvalue weighted by Gasteiger charge is -1.97. The molecule has 0 aromatic carbocycles. The summed E-state index contributed by atoms with van der Waals surface area (Å²) in [4.78, 5) is 20.7. The molecule has 0 spiro atoms. The number of carbonyl (C=O) groups excluding carboxylic acids is 2. The van der Waals surface area contributed by atoms with E-state index >= 15 is 0 Å². The van der Waals surface area contributed by atoms with E-state index in [2.05, 4.69) is 18.5 Å². The standard InChI is InChI=1S/C8H14O7P/c1-7(9)12-3-5-14-16(11)15-6-4-13-8(2)10/h3-6H2,1-2H3/q+1. The van der Waals surface area contributed by atoms with Crippen molar-refractivity contribution in [3.63, 3.8) is 0 Å². The predicted molar refractivity (Wildman–Crippen MR) is 52.8 cm³/mol. The minimum atomic E-state index is -2.27. The molecule has 0 aromatic rings. The Labute approximate surface area is 93.9 Å². The molecule has 0 heterocycles. The smallest absolute Gasteiger partial charge is 0.463 e. The van der Waals surface area contributed by atoms with E-state index in [1.807, 2.05) is 0 Å². The van der Waals surface area contributed by atoms with Crippen molar-refractivity contribution < 1.29 is 32.7 Å². The molecular formula is C8H14O7P+. The summed E-state index contributed by atoms with van der Waals surface area (Å²) in [5, 5.41) is 0. The minimum Gasteiger partial charge on any atom is -0.463 e. The van der Waals surface area contributed by atoms with E-state index < -0.39 is 20.2 Å². The van der Waals surface area contributed by atoms with Gasteiger partial charge in [0.2, 0.25) is 0 Å². The average Bonchev–Trinajstić information content (AvgIpc) is 2.19. The summed E-state index contributed by atoms with van der Waals surface area (Å²) in [6.07, 6.45) is 0. The normalized spacial score (nSPS) is 9.62. The van der Waals surface area contributed by atoms with Crippen LogP contribution in [0, 0.1) is 0 Å². The Morgan fingerprint density at radius 1 is 0.875 bits per heavy atom. The first-order valence-electron chi connectivity index (χ1n) is 4.52. The molecule has 0 atom stereocenters. The van der Waals surface area contributed by atoms with Gasteiger partial charge in [0.25, 0.3) is 0 Å². The van der Waals surface area contributed by atoms with Crippen LogP contribution in [0.15, 0.2) is 0 Å². The molecule has 0 fully saturated rings. The quantitative estimate of drug-likeness (QED) is 0.359. The van der Waals surface area contributed by atoms with Crippen molar-refractivity contribution in [2.45, 2.75) is 13.8 Å². The van der Waals surface area contributed by atoms with Gasteiger partial charge >= 0.3 is 20.2 Å². The van der Waals surface area contributed by atoms with E-state index in [1.54, 1.807) is 0 Å². The van der Waals surface area contributed by atoms with E-state index in [9.17, 15) is 14.2 Å². The number of ether oxygens (including phenoxy) is 2. The second-order valence-electron chi connectivity index (χ2n) is 2.57. The van der Waals surface area contributed by atoms with Gasteiger partial charge in [-0.2, -0.15) is 0 Å². The Bertz CT molecular complexity index is 229. The Kier molecular flexibility index (Phi) is 8.61. The highest BCUT2D eigenvalue weighted by Crippen LogP contribution is 2.22.